The highest BCUT2D eigenvalue weighted by Gasteiger charge is 2.20. The molecule has 5 heteroatoms. The van der Waals surface area contributed by atoms with Crippen molar-refractivity contribution >= 4 is 23.2 Å². The first kappa shape index (κ1) is 19.7. The van der Waals surface area contributed by atoms with Crippen LogP contribution >= 0.6 is 11.6 Å². The minimum absolute atomic E-state index is 0.220. The van der Waals surface area contributed by atoms with Crippen molar-refractivity contribution in [2.45, 2.75) is 44.7 Å². The molecular formula is C22H27ClN2O2. The predicted molar refractivity (Wildman–Crippen MR) is 111 cm³/mol. The summed E-state index contributed by atoms with van der Waals surface area (Å²) in [6.07, 6.45) is 6.47. The monoisotopic (exact) mass is 386 g/mol. The van der Waals surface area contributed by atoms with Crippen LogP contribution in [-0.2, 0) is 6.54 Å². The van der Waals surface area contributed by atoms with E-state index < -0.39 is 0 Å². The Morgan fingerprint density at radius 1 is 1.19 bits per heavy atom. The van der Waals surface area contributed by atoms with Crippen LogP contribution in [0.25, 0.3) is 0 Å². The Labute approximate surface area is 166 Å². The number of halogens is 1. The van der Waals surface area contributed by atoms with Crippen LogP contribution < -0.4 is 10.1 Å². The van der Waals surface area contributed by atoms with Crippen LogP contribution in [0.4, 0.5) is 5.69 Å². The van der Waals surface area contributed by atoms with Crippen LogP contribution in [0.15, 0.2) is 42.5 Å². The smallest absolute Gasteiger partial charge is 0.259 e. The van der Waals surface area contributed by atoms with E-state index in [9.17, 15) is 4.79 Å². The number of para-hydroxylation sites is 1. The molecule has 3 rings (SSSR count). The van der Waals surface area contributed by atoms with Crippen molar-refractivity contribution in [2.24, 2.45) is 0 Å². The summed E-state index contributed by atoms with van der Waals surface area (Å²) in [5, 5.41) is 3.54. The minimum Gasteiger partial charge on any atom is -0.496 e. The highest BCUT2D eigenvalue weighted by molar-refractivity contribution is 6.31. The molecule has 1 amide bonds. The molecule has 0 heterocycles. The van der Waals surface area contributed by atoms with Crippen molar-refractivity contribution in [1.82, 2.24) is 4.90 Å². The number of nitrogens with zero attached hydrogens (tertiary/aromatic N) is 1. The molecular weight excluding hydrogens is 360 g/mol. The van der Waals surface area contributed by atoms with E-state index in [0.717, 1.165) is 17.8 Å². The summed E-state index contributed by atoms with van der Waals surface area (Å²) in [6, 6.07) is 13.6. The second-order valence-corrected chi connectivity index (χ2v) is 7.60. The number of ether oxygens (including phenoxy) is 1. The number of hydrogen-bond acceptors (Lipinski definition) is 3. The zero-order valence-corrected chi connectivity index (χ0v) is 16.8. The minimum atomic E-state index is -0.220. The topological polar surface area (TPSA) is 41.6 Å². The Morgan fingerprint density at radius 3 is 2.67 bits per heavy atom. The summed E-state index contributed by atoms with van der Waals surface area (Å²) >= 11 is 6.06. The summed E-state index contributed by atoms with van der Waals surface area (Å²) in [4.78, 5) is 15.2. The maximum absolute atomic E-state index is 12.8. The van der Waals surface area contributed by atoms with Gasteiger partial charge < -0.3 is 10.1 Å². The van der Waals surface area contributed by atoms with Crippen LogP contribution in [0.3, 0.4) is 0 Å². The van der Waals surface area contributed by atoms with Crippen LogP contribution in [0.5, 0.6) is 5.75 Å². The Morgan fingerprint density at radius 2 is 1.93 bits per heavy atom. The Balaban J connectivity index is 1.76. The lowest BCUT2D eigenvalue weighted by atomic mass is 9.94. The van der Waals surface area contributed by atoms with E-state index in [1.807, 2.05) is 18.2 Å². The fraction of sp³-hybridized carbons (Fsp3) is 0.409. The summed E-state index contributed by atoms with van der Waals surface area (Å²) in [6.45, 7) is 0.813. The first-order valence-corrected chi connectivity index (χ1v) is 9.89. The van der Waals surface area contributed by atoms with Crippen molar-refractivity contribution in [2.75, 3.05) is 19.5 Å². The summed E-state index contributed by atoms with van der Waals surface area (Å²) in [5.74, 6) is 0.288. The molecule has 27 heavy (non-hydrogen) atoms. The zero-order valence-electron chi connectivity index (χ0n) is 16.0. The van der Waals surface area contributed by atoms with Crippen molar-refractivity contribution in [3.63, 3.8) is 0 Å². The molecule has 2 aromatic rings. The fourth-order valence-corrected chi connectivity index (χ4v) is 3.92. The molecule has 0 saturated heterocycles. The molecule has 0 atom stereocenters. The third-order valence-corrected chi connectivity index (χ3v) is 5.52. The van der Waals surface area contributed by atoms with Gasteiger partial charge in [-0.1, -0.05) is 49.1 Å². The van der Waals surface area contributed by atoms with Crippen molar-refractivity contribution in [3.05, 3.63) is 58.6 Å². The summed E-state index contributed by atoms with van der Waals surface area (Å²) in [5.41, 5.74) is 2.37. The van der Waals surface area contributed by atoms with Crippen LogP contribution in [0, 0.1) is 0 Å². The normalized spacial score (nSPS) is 15.0. The van der Waals surface area contributed by atoms with E-state index in [1.54, 1.807) is 25.3 Å². The molecule has 1 N–H and O–H groups in total. The number of carbonyl (C=O) groups excluding carboxylic acids is 1. The lowest BCUT2D eigenvalue weighted by Crippen LogP contribution is -2.33. The van der Waals surface area contributed by atoms with Gasteiger partial charge in [-0.05, 0) is 49.7 Å². The number of benzene rings is 2. The molecule has 1 saturated carbocycles. The lowest BCUT2D eigenvalue weighted by molar-refractivity contribution is 0.102. The second-order valence-electron chi connectivity index (χ2n) is 7.16. The number of hydrogen-bond donors (Lipinski definition) is 1. The average Bonchev–Trinajstić information content (AvgIpc) is 2.70. The van der Waals surface area contributed by atoms with E-state index in [1.165, 1.54) is 32.1 Å². The lowest BCUT2D eigenvalue weighted by Gasteiger charge is -2.31. The van der Waals surface area contributed by atoms with Gasteiger partial charge in [0.05, 0.1) is 12.7 Å². The highest BCUT2D eigenvalue weighted by Crippen LogP contribution is 2.27. The maximum Gasteiger partial charge on any atom is 0.259 e. The van der Waals surface area contributed by atoms with Crippen molar-refractivity contribution < 1.29 is 9.53 Å². The SMILES string of the molecule is COc1ccc(Cl)cc1C(=O)Nc1ccccc1CN(C)C1CCCCC1. The molecule has 0 bridgehead atoms. The predicted octanol–water partition coefficient (Wildman–Crippen LogP) is 5.37. The van der Waals surface area contributed by atoms with Crippen LogP contribution in [-0.4, -0.2) is 31.0 Å². The molecule has 2 aromatic carbocycles. The quantitative estimate of drug-likeness (QED) is 0.726. The molecule has 4 nitrogen and oxygen atoms in total. The Bertz CT molecular complexity index is 788. The van der Waals surface area contributed by atoms with Gasteiger partial charge in [-0.15, -0.1) is 0 Å². The number of carbonyl (C=O) groups is 1. The molecule has 0 aromatic heterocycles. The summed E-state index contributed by atoms with van der Waals surface area (Å²) in [7, 11) is 3.72. The van der Waals surface area contributed by atoms with Gasteiger partial charge in [0.25, 0.3) is 5.91 Å². The van der Waals surface area contributed by atoms with Gasteiger partial charge in [0.15, 0.2) is 0 Å². The van der Waals surface area contributed by atoms with E-state index in [4.69, 9.17) is 16.3 Å². The van der Waals surface area contributed by atoms with E-state index >= 15 is 0 Å². The number of anilines is 1. The van der Waals surface area contributed by atoms with Crippen LogP contribution in [0.2, 0.25) is 5.02 Å². The Hall–Kier alpha value is -2.04. The van der Waals surface area contributed by atoms with E-state index in [0.29, 0.717) is 22.4 Å². The zero-order chi connectivity index (χ0) is 19.2. The molecule has 144 valence electrons. The standard InChI is InChI=1S/C22H27ClN2O2/c1-25(18-9-4-3-5-10-18)15-16-8-6-7-11-20(16)24-22(26)19-14-17(23)12-13-21(19)27-2/h6-8,11-14,18H,3-5,9-10,15H2,1-2H3,(H,24,26). The number of nitrogens with one attached hydrogen (secondary N) is 1. The maximum atomic E-state index is 12.8. The second kappa shape index (κ2) is 9.25. The largest absolute Gasteiger partial charge is 0.496 e. The first-order chi connectivity index (χ1) is 13.1. The van der Waals surface area contributed by atoms with Crippen LogP contribution in [0.1, 0.15) is 48.0 Å². The Kier molecular flexibility index (Phi) is 6.75. The molecule has 0 aliphatic heterocycles. The number of amides is 1. The molecule has 1 fully saturated rings. The van der Waals surface area contributed by atoms with Crippen molar-refractivity contribution in [3.8, 4) is 5.75 Å². The number of rotatable bonds is 6. The van der Waals surface area contributed by atoms with Crippen molar-refractivity contribution in [1.29, 1.82) is 0 Å². The molecule has 0 radical (unpaired) electrons. The number of methoxy groups -OCH3 is 1. The van der Waals surface area contributed by atoms with Gasteiger partial charge in [0, 0.05) is 23.3 Å². The molecule has 0 spiro atoms. The van der Waals surface area contributed by atoms with Gasteiger partial charge in [-0.3, -0.25) is 9.69 Å². The van der Waals surface area contributed by atoms with Gasteiger partial charge in [-0.25, -0.2) is 0 Å². The third kappa shape index (κ3) is 5.02. The van der Waals surface area contributed by atoms with E-state index in [-0.39, 0.29) is 5.91 Å². The highest BCUT2D eigenvalue weighted by atomic mass is 35.5. The molecule has 1 aliphatic rings. The van der Waals surface area contributed by atoms with E-state index in [2.05, 4.69) is 23.3 Å². The first-order valence-electron chi connectivity index (χ1n) is 9.51. The van der Waals surface area contributed by atoms with Gasteiger partial charge >= 0.3 is 0 Å². The molecule has 0 unspecified atom stereocenters. The van der Waals surface area contributed by atoms with Gasteiger partial charge in [-0.2, -0.15) is 0 Å². The third-order valence-electron chi connectivity index (χ3n) is 5.29. The molecule has 1 aliphatic carbocycles. The van der Waals surface area contributed by atoms with Gasteiger partial charge in [0.2, 0.25) is 0 Å². The van der Waals surface area contributed by atoms with Gasteiger partial charge in [0.1, 0.15) is 5.75 Å². The average molecular weight is 387 g/mol. The summed E-state index contributed by atoms with van der Waals surface area (Å²) < 4.78 is 5.31. The fourth-order valence-electron chi connectivity index (χ4n) is 3.75.